The summed E-state index contributed by atoms with van der Waals surface area (Å²) in [7, 11) is 1.10. The third-order valence-corrected chi connectivity index (χ3v) is 2.55. The predicted octanol–water partition coefficient (Wildman–Crippen LogP) is 2.51. The topological polar surface area (TPSA) is 46.3 Å². The van der Waals surface area contributed by atoms with Gasteiger partial charge in [0.1, 0.15) is 6.54 Å². The van der Waals surface area contributed by atoms with E-state index in [-0.39, 0.29) is 5.56 Å². The zero-order valence-corrected chi connectivity index (χ0v) is 11.0. The molecule has 1 rings (SSSR count). The van der Waals surface area contributed by atoms with Crippen molar-refractivity contribution in [3.63, 3.8) is 0 Å². The minimum absolute atomic E-state index is 0.154. The zero-order chi connectivity index (χ0) is 13.2. The molecule has 0 saturated carbocycles. The van der Waals surface area contributed by atoms with Crippen molar-refractivity contribution < 1.29 is 18.0 Å². The van der Waals surface area contributed by atoms with Crippen molar-refractivity contribution in [1.29, 1.82) is 0 Å². The fraction of sp³-hybridized carbons (Fsp3) is 0.300. The first-order valence-corrected chi connectivity index (χ1v) is 5.65. The third-order valence-electron chi connectivity index (χ3n) is 1.93. The summed E-state index contributed by atoms with van der Waals surface area (Å²) in [5, 5.41) is 0. The van der Waals surface area contributed by atoms with Crippen molar-refractivity contribution in [3.05, 3.63) is 27.3 Å². The van der Waals surface area contributed by atoms with Crippen molar-refractivity contribution in [1.82, 2.24) is 4.90 Å². The van der Waals surface area contributed by atoms with E-state index in [0.29, 0.717) is 14.2 Å². The van der Waals surface area contributed by atoms with Crippen LogP contribution in [0.25, 0.3) is 0 Å². The second-order valence-electron chi connectivity index (χ2n) is 3.55. The summed E-state index contributed by atoms with van der Waals surface area (Å²) in [5.74, 6) is -0.701. The molecule has 1 aromatic rings. The number of alkyl halides is 3. The fourth-order valence-corrected chi connectivity index (χ4v) is 1.99. The quantitative estimate of drug-likeness (QED) is 0.653. The first-order valence-electron chi connectivity index (χ1n) is 4.57. The molecule has 0 heterocycles. The maximum Gasteiger partial charge on any atom is 0.406 e. The molecular formula is C10H10F3IN2O. The SMILES string of the molecule is CN(CC(F)(F)F)C(=O)c1cc(N)cc(I)c1. The highest BCUT2D eigenvalue weighted by Gasteiger charge is 2.31. The molecule has 0 aliphatic rings. The Morgan fingerprint density at radius 1 is 1.41 bits per heavy atom. The molecule has 7 heteroatoms. The van der Waals surface area contributed by atoms with Gasteiger partial charge in [0.25, 0.3) is 5.91 Å². The summed E-state index contributed by atoms with van der Waals surface area (Å²) in [5.41, 5.74) is 6.03. The van der Waals surface area contributed by atoms with Crippen LogP contribution in [0.5, 0.6) is 0 Å². The molecule has 0 atom stereocenters. The van der Waals surface area contributed by atoms with Crippen molar-refractivity contribution in [3.8, 4) is 0 Å². The maximum absolute atomic E-state index is 12.1. The van der Waals surface area contributed by atoms with Gasteiger partial charge in [-0.15, -0.1) is 0 Å². The summed E-state index contributed by atoms with van der Waals surface area (Å²) in [4.78, 5) is 12.3. The van der Waals surface area contributed by atoms with Crippen LogP contribution in [0.1, 0.15) is 10.4 Å². The molecule has 0 spiro atoms. The molecule has 0 unspecified atom stereocenters. The van der Waals surface area contributed by atoms with E-state index in [1.165, 1.54) is 12.1 Å². The molecule has 0 aromatic heterocycles. The van der Waals surface area contributed by atoms with E-state index in [4.69, 9.17) is 5.73 Å². The molecule has 2 N–H and O–H groups in total. The number of carbonyl (C=O) groups is 1. The van der Waals surface area contributed by atoms with Crippen LogP contribution in [-0.2, 0) is 0 Å². The molecule has 94 valence electrons. The predicted molar refractivity (Wildman–Crippen MR) is 66.6 cm³/mol. The molecule has 17 heavy (non-hydrogen) atoms. The van der Waals surface area contributed by atoms with E-state index in [1.54, 1.807) is 6.07 Å². The summed E-state index contributed by atoms with van der Waals surface area (Å²) >= 11 is 1.94. The van der Waals surface area contributed by atoms with Gasteiger partial charge in [0, 0.05) is 21.9 Å². The first kappa shape index (κ1) is 14.1. The lowest BCUT2D eigenvalue weighted by molar-refractivity contribution is -0.138. The molecule has 0 saturated heterocycles. The highest BCUT2D eigenvalue weighted by molar-refractivity contribution is 14.1. The van der Waals surface area contributed by atoms with E-state index in [9.17, 15) is 18.0 Å². The van der Waals surface area contributed by atoms with Crippen LogP contribution < -0.4 is 5.73 Å². The minimum atomic E-state index is -4.40. The Hall–Kier alpha value is -0.990. The third kappa shape index (κ3) is 4.41. The number of anilines is 1. The van der Waals surface area contributed by atoms with Crippen LogP contribution in [0.15, 0.2) is 18.2 Å². The van der Waals surface area contributed by atoms with Gasteiger partial charge >= 0.3 is 6.18 Å². The number of rotatable bonds is 2. The number of nitrogen functional groups attached to an aromatic ring is 1. The molecule has 1 aromatic carbocycles. The van der Waals surface area contributed by atoms with Gasteiger partial charge in [-0.2, -0.15) is 13.2 Å². The summed E-state index contributed by atoms with van der Waals surface area (Å²) in [6, 6.07) is 4.48. The lowest BCUT2D eigenvalue weighted by Crippen LogP contribution is -2.35. The number of nitrogens with zero attached hydrogens (tertiary/aromatic N) is 1. The van der Waals surface area contributed by atoms with E-state index < -0.39 is 18.6 Å². The van der Waals surface area contributed by atoms with Gasteiger partial charge in [0.05, 0.1) is 0 Å². The second kappa shape index (κ2) is 5.11. The Morgan fingerprint density at radius 3 is 2.47 bits per heavy atom. The van der Waals surface area contributed by atoms with Gasteiger partial charge in [-0.25, -0.2) is 0 Å². The van der Waals surface area contributed by atoms with Gasteiger partial charge in [-0.1, -0.05) is 0 Å². The van der Waals surface area contributed by atoms with Crippen molar-refractivity contribution in [2.45, 2.75) is 6.18 Å². The van der Waals surface area contributed by atoms with Gasteiger partial charge < -0.3 is 10.6 Å². The number of hydrogen-bond acceptors (Lipinski definition) is 2. The zero-order valence-electron chi connectivity index (χ0n) is 8.88. The Balaban J connectivity index is 2.89. The first-order chi connectivity index (χ1) is 7.69. The smallest absolute Gasteiger partial charge is 0.399 e. The second-order valence-corrected chi connectivity index (χ2v) is 4.80. The fourth-order valence-electron chi connectivity index (χ4n) is 1.30. The van der Waals surface area contributed by atoms with Crippen molar-refractivity contribution >= 4 is 34.2 Å². The Labute approximate surface area is 110 Å². The maximum atomic E-state index is 12.1. The van der Waals surface area contributed by atoms with Crippen molar-refractivity contribution in [2.24, 2.45) is 0 Å². The molecule has 0 fully saturated rings. The standard InChI is InChI=1S/C10H10F3IN2O/c1-16(5-10(11,12)13)9(17)6-2-7(14)4-8(15)3-6/h2-4H,5,15H2,1H3. The average molecular weight is 358 g/mol. The van der Waals surface area contributed by atoms with Gasteiger partial charge in [-0.3, -0.25) is 4.79 Å². The number of nitrogens with two attached hydrogens (primary N) is 1. The molecule has 3 nitrogen and oxygen atoms in total. The lowest BCUT2D eigenvalue weighted by Gasteiger charge is -2.19. The van der Waals surface area contributed by atoms with Gasteiger partial charge in [0.15, 0.2) is 0 Å². The van der Waals surface area contributed by atoms with E-state index >= 15 is 0 Å². The number of benzene rings is 1. The Kier molecular flexibility index (Phi) is 4.23. The van der Waals surface area contributed by atoms with E-state index in [0.717, 1.165) is 7.05 Å². The Bertz CT molecular complexity index is 414. The van der Waals surface area contributed by atoms with Crippen LogP contribution in [-0.4, -0.2) is 30.6 Å². The average Bonchev–Trinajstić information content (AvgIpc) is 2.12. The summed E-state index contributed by atoms with van der Waals surface area (Å²) in [6.07, 6.45) is -4.40. The van der Waals surface area contributed by atoms with Crippen LogP contribution in [0.2, 0.25) is 0 Å². The van der Waals surface area contributed by atoms with Gasteiger partial charge in [-0.05, 0) is 40.8 Å². The van der Waals surface area contributed by atoms with Crippen LogP contribution >= 0.6 is 22.6 Å². The lowest BCUT2D eigenvalue weighted by atomic mass is 10.2. The number of carbonyl (C=O) groups excluding carboxylic acids is 1. The highest BCUT2D eigenvalue weighted by Crippen LogP contribution is 2.19. The Morgan fingerprint density at radius 2 is 2.00 bits per heavy atom. The monoisotopic (exact) mass is 358 g/mol. The van der Waals surface area contributed by atoms with Crippen molar-refractivity contribution in [2.75, 3.05) is 19.3 Å². The summed E-state index contributed by atoms with van der Waals surface area (Å²) < 4.78 is 37.1. The molecule has 0 aliphatic carbocycles. The summed E-state index contributed by atoms with van der Waals surface area (Å²) in [6.45, 7) is -1.28. The van der Waals surface area contributed by atoms with E-state index in [2.05, 4.69) is 0 Å². The number of halogens is 4. The molecule has 0 bridgehead atoms. The van der Waals surface area contributed by atoms with Gasteiger partial charge in [0.2, 0.25) is 0 Å². The normalized spacial score (nSPS) is 11.4. The molecular weight excluding hydrogens is 348 g/mol. The molecule has 0 aliphatic heterocycles. The molecule has 1 amide bonds. The largest absolute Gasteiger partial charge is 0.406 e. The van der Waals surface area contributed by atoms with E-state index in [1.807, 2.05) is 22.6 Å². The number of amides is 1. The number of hydrogen-bond donors (Lipinski definition) is 1. The van der Waals surface area contributed by atoms with Crippen LogP contribution in [0.3, 0.4) is 0 Å². The van der Waals surface area contributed by atoms with Crippen LogP contribution in [0, 0.1) is 3.57 Å². The van der Waals surface area contributed by atoms with Crippen LogP contribution in [0.4, 0.5) is 18.9 Å². The highest BCUT2D eigenvalue weighted by atomic mass is 127. The molecule has 0 radical (unpaired) electrons. The minimum Gasteiger partial charge on any atom is -0.399 e.